The third kappa shape index (κ3) is 7.20. The van der Waals surface area contributed by atoms with Gasteiger partial charge in [-0.25, -0.2) is 0 Å². The molecule has 2 aliphatic rings. The Bertz CT molecular complexity index is 1680. The number of ether oxygens (including phenoxy) is 3. The van der Waals surface area contributed by atoms with Gasteiger partial charge in [-0.05, 0) is 62.1 Å². The average Bonchev–Trinajstić information content (AvgIpc) is 3.75. The van der Waals surface area contributed by atoms with Crippen LogP contribution in [-0.4, -0.2) is 90.6 Å². The Morgan fingerprint density at radius 1 is 1.12 bits per heavy atom. The number of anilines is 2. The van der Waals surface area contributed by atoms with Crippen molar-refractivity contribution in [3.63, 3.8) is 0 Å². The van der Waals surface area contributed by atoms with Crippen LogP contribution in [0.15, 0.2) is 48.7 Å². The van der Waals surface area contributed by atoms with Gasteiger partial charge in [0.1, 0.15) is 11.9 Å². The summed E-state index contributed by atoms with van der Waals surface area (Å²) in [5, 5.41) is 31.7. The zero-order chi connectivity index (χ0) is 36.2. The summed E-state index contributed by atoms with van der Waals surface area (Å²) in [4.78, 5) is 41.0. The van der Waals surface area contributed by atoms with E-state index in [1.54, 1.807) is 28.8 Å². The molecular formula is C36H49N5O8Si. The third-order valence-corrected chi connectivity index (χ3v) is 14.7. The van der Waals surface area contributed by atoms with Crippen LogP contribution in [0.5, 0.6) is 5.75 Å². The number of nitrogens with zero attached hydrogens (tertiary/aromatic N) is 4. The number of hydrogen-bond acceptors (Lipinski definition) is 10. The summed E-state index contributed by atoms with van der Waals surface area (Å²) in [6, 6.07) is 13.5. The van der Waals surface area contributed by atoms with Crippen LogP contribution < -0.4 is 20.1 Å². The Balaban J connectivity index is 1.57. The summed E-state index contributed by atoms with van der Waals surface area (Å²) in [6.45, 7) is 8.97. The molecule has 270 valence electrons. The number of aliphatic hydroxyl groups is 2. The fourth-order valence-corrected chi connectivity index (χ4v) is 11.8. The Labute approximate surface area is 293 Å². The normalized spacial score (nSPS) is 22.1. The van der Waals surface area contributed by atoms with E-state index in [-0.39, 0.29) is 42.5 Å². The van der Waals surface area contributed by atoms with Crippen LogP contribution in [-0.2, 0) is 42.4 Å². The number of carbonyl (C=O) groups is 3. The van der Waals surface area contributed by atoms with Gasteiger partial charge in [-0.2, -0.15) is 0 Å². The number of benzene rings is 2. The first-order chi connectivity index (χ1) is 23.9. The number of rotatable bonds is 15. The number of aliphatic hydroxyl groups excluding tert-OH is 2. The number of aromatic nitrogens is 3. The number of carbonyl (C=O) groups excluding carboxylic acids is 3. The summed E-state index contributed by atoms with van der Waals surface area (Å²) in [6.07, 6.45) is 2.62. The number of hydrogen-bond donors (Lipinski definition) is 3. The number of unbranched alkanes of at least 4 members (excludes halogenated alkanes) is 1. The molecule has 1 spiro atoms. The number of aryl methyl sites for hydroxylation is 1. The van der Waals surface area contributed by atoms with Gasteiger partial charge in [0.25, 0.3) is 11.8 Å². The van der Waals surface area contributed by atoms with E-state index >= 15 is 0 Å². The summed E-state index contributed by atoms with van der Waals surface area (Å²) in [5.74, 6) is -0.531. The highest BCUT2D eigenvalue weighted by Gasteiger charge is 2.66. The molecule has 1 aromatic heterocycles. The molecule has 50 heavy (non-hydrogen) atoms. The van der Waals surface area contributed by atoms with Crippen LogP contribution in [0, 0.1) is 5.92 Å². The van der Waals surface area contributed by atoms with Crippen LogP contribution in [0.25, 0.3) is 0 Å². The van der Waals surface area contributed by atoms with Gasteiger partial charge >= 0.3 is 5.97 Å². The van der Waals surface area contributed by atoms with Gasteiger partial charge in [0.05, 0.1) is 39.8 Å². The summed E-state index contributed by atoms with van der Waals surface area (Å²) < 4.78 is 19.2. The molecule has 3 N–H and O–H groups in total. The first-order valence-corrected chi connectivity index (χ1v) is 20.3. The van der Waals surface area contributed by atoms with Gasteiger partial charge in [0.15, 0.2) is 5.60 Å². The van der Waals surface area contributed by atoms with Gasteiger partial charge < -0.3 is 34.6 Å². The molecule has 1 fully saturated rings. The minimum absolute atomic E-state index is 0.0193. The third-order valence-electron chi connectivity index (χ3n) is 10.3. The van der Waals surface area contributed by atoms with Crippen molar-refractivity contribution in [2.24, 2.45) is 5.92 Å². The van der Waals surface area contributed by atoms with E-state index in [0.29, 0.717) is 61.4 Å². The molecule has 0 unspecified atom stereocenters. The molecule has 5 rings (SSSR count). The molecule has 0 radical (unpaired) electrons. The maximum Gasteiger partial charge on any atom is 0.305 e. The van der Waals surface area contributed by atoms with Crippen molar-refractivity contribution in [3.05, 3.63) is 59.9 Å². The van der Waals surface area contributed by atoms with E-state index in [2.05, 4.69) is 47.8 Å². The lowest BCUT2D eigenvalue weighted by atomic mass is 9.82. The van der Waals surface area contributed by atoms with E-state index in [4.69, 9.17) is 14.2 Å². The minimum atomic E-state index is -2.41. The van der Waals surface area contributed by atoms with Gasteiger partial charge in [-0.3, -0.25) is 19.1 Å². The van der Waals surface area contributed by atoms with Crippen molar-refractivity contribution in [1.82, 2.24) is 15.0 Å². The maximum atomic E-state index is 14.9. The molecule has 0 bridgehead atoms. The second-order valence-corrected chi connectivity index (χ2v) is 18.5. The Morgan fingerprint density at radius 2 is 1.86 bits per heavy atom. The summed E-state index contributed by atoms with van der Waals surface area (Å²) in [5.41, 5.74) is 1.15. The Morgan fingerprint density at radius 3 is 2.52 bits per heavy atom. The number of methoxy groups -OCH3 is 2. The average molecular weight is 708 g/mol. The number of amides is 2. The second kappa shape index (κ2) is 15.4. The van der Waals surface area contributed by atoms with Gasteiger partial charge in [-0.1, -0.05) is 42.6 Å². The lowest BCUT2D eigenvalue weighted by Gasteiger charge is -2.37. The zero-order valence-corrected chi connectivity index (χ0v) is 30.7. The van der Waals surface area contributed by atoms with Crippen LogP contribution in [0.4, 0.5) is 11.4 Å². The van der Waals surface area contributed by atoms with Gasteiger partial charge in [0, 0.05) is 55.9 Å². The van der Waals surface area contributed by atoms with Gasteiger partial charge in [0.2, 0.25) is 0 Å². The Kier molecular flexibility index (Phi) is 11.5. The molecule has 3 aromatic rings. The SMILES string of the molecule is COC(=O)CCCCN1C(=O)[C@@]2(O[C@@H](CCn3cc(CCO)nn3)[C@H]([Si](C)(C)c3ccc(OC)cc3)[C@H]2C)c2cc(NC(=O)[C@H](C)O)ccc21. The predicted molar refractivity (Wildman–Crippen MR) is 190 cm³/mol. The smallest absolute Gasteiger partial charge is 0.305 e. The van der Waals surface area contributed by atoms with Crippen LogP contribution in [0.2, 0.25) is 18.6 Å². The molecular weight excluding hydrogens is 659 g/mol. The first-order valence-electron chi connectivity index (χ1n) is 17.2. The van der Waals surface area contributed by atoms with Crippen LogP contribution in [0.3, 0.4) is 0 Å². The number of esters is 1. The largest absolute Gasteiger partial charge is 0.497 e. The van der Waals surface area contributed by atoms with Crippen molar-refractivity contribution >= 4 is 42.4 Å². The van der Waals surface area contributed by atoms with Crippen molar-refractivity contribution < 1.29 is 38.8 Å². The molecule has 3 heterocycles. The lowest BCUT2D eigenvalue weighted by Crippen LogP contribution is -2.52. The summed E-state index contributed by atoms with van der Waals surface area (Å²) in [7, 11) is 0.595. The monoisotopic (exact) mass is 707 g/mol. The molecule has 2 amide bonds. The van der Waals surface area contributed by atoms with Crippen molar-refractivity contribution in [2.45, 2.75) is 88.9 Å². The highest BCUT2D eigenvalue weighted by atomic mass is 28.3. The topological polar surface area (TPSA) is 165 Å². The fraction of sp³-hybridized carbons (Fsp3) is 0.528. The van der Waals surface area contributed by atoms with Crippen molar-refractivity contribution in [1.29, 1.82) is 0 Å². The molecule has 1 saturated heterocycles. The van der Waals surface area contributed by atoms with E-state index in [1.165, 1.54) is 19.2 Å². The first kappa shape index (κ1) is 37.1. The number of fused-ring (bicyclic) bond motifs is 2. The highest BCUT2D eigenvalue weighted by molar-refractivity contribution is 6.91. The quantitative estimate of drug-likeness (QED) is 0.121. The molecule has 0 aliphatic carbocycles. The van der Waals surface area contributed by atoms with Crippen molar-refractivity contribution in [3.8, 4) is 5.75 Å². The van der Waals surface area contributed by atoms with Crippen LogP contribution >= 0.6 is 0 Å². The van der Waals surface area contributed by atoms with E-state index in [0.717, 1.165) is 5.75 Å². The van der Waals surface area contributed by atoms with Crippen LogP contribution in [0.1, 0.15) is 50.8 Å². The van der Waals surface area contributed by atoms with E-state index < -0.39 is 25.7 Å². The molecule has 13 nitrogen and oxygen atoms in total. The molecule has 14 heteroatoms. The lowest BCUT2D eigenvalue weighted by molar-refractivity contribution is -0.146. The summed E-state index contributed by atoms with van der Waals surface area (Å²) >= 11 is 0. The Hall–Kier alpha value is -4.11. The van der Waals surface area contributed by atoms with Crippen molar-refractivity contribution in [2.75, 3.05) is 37.6 Å². The molecule has 2 aliphatic heterocycles. The second-order valence-electron chi connectivity index (χ2n) is 13.8. The molecule has 2 aromatic carbocycles. The highest BCUT2D eigenvalue weighted by Crippen LogP contribution is 2.60. The standard InChI is InChI=1S/C36H49N5O8Si/c1-23-33(50(5,6)28-13-11-27(47-3)12-14-28)31(16-19-40-22-26(17-20-42)38-39-40)49-36(23)29-21-25(37-34(45)24(2)43)10-15-30(29)41(35(36)46)18-8-7-9-32(44)48-4/h10-15,21-24,31,33,42-43H,7-9,16-20H2,1-6H3,(H,37,45)/t23-,24+,31+,33-,36+/m1/s1. The maximum absolute atomic E-state index is 14.9. The minimum Gasteiger partial charge on any atom is -0.497 e. The predicted octanol–water partition coefficient (Wildman–Crippen LogP) is 3.14. The number of nitrogens with one attached hydrogen (secondary N) is 1. The van der Waals surface area contributed by atoms with Gasteiger partial charge in [-0.15, -0.1) is 5.10 Å². The molecule has 5 atom stereocenters. The van der Waals surface area contributed by atoms with E-state index in [1.807, 2.05) is 24.4 Å². The fourth-order valence-electron chi connectivity index (χ4n) is 7.71. The molecule has 0 saturated carbocycles. The van der Waals surface area contributed by atoms with E-state index in [9.17, 15) is 24.6 Å². The zero-order valence-electron chi connectivity index (χ0n) is 29.7.